The maximum absolute atomic E-state index is 5.58. The molecular weight excluding hydrogens is 376 g/mol. The van der Waals surface area contributed by atoms with Gasteiger partial charge in [0.05, 0.1) is 11.8 Å². The molecule has 0 aliphatic heterocycles. The Kier molecular flexibility index (Phi) is 4.53. The van der Waals surface area contributed by atoms with Gasteiger partial charge in [-0.3, -0.25) is 4.68 Å². The molecule has 5 saturated carbocycles. The summed E-state index contributed by atoms with van der Waals surface area (Å²) in [5.41, 5.74) is 2.97. The highest BCUT2D eigenvalue weighted by Crippen LogP contribution is 2.91. The Hall–Kier alpha value is -1.23. The smallest absolute Gasteiger partial charge is 0.0646 e. The summed E-state index contributed by atoms with van der Waals surface area (Å²) in [5, 5.41) is 4.57. The predicted octanol–water partition coefficient (Wildman–Crippen LogP) is 6.94. The summed E-state index contributed by atoms with van der Waals surface area (Å²) in [6, 6.07) is 0. The molecule has 0 aromatic carbocycles. The van der Waals surface area contributed by atoms with Gasteiger partial charge in [-0.05, 0) is 110 Å². The minimum absolute atomic E-state index is 0.538. The van der Waals surface area contributed by atoms with Crippen molar-refractivity contribution in [3.8, 4) is 12.3 Å². The first-order valence-corrected chi connectivity index (χ1v) is 13.5. The lowest BCUT2D eigenvalue weighted by atomic mass is 9.49. The summed E-state index contributed by atoms with van der Waals surface area (Å²) in [5.74, 6) is 8.43. The van der Waals surface area contributed by atoms with Crippen molar-refractivity contribution in [2.45, 2.75) is 97.9 Å². The molecule has 1 aromatic rings. The minimum Gasteiger partial charge on any atom is -0.271 e. The predicted molar refractivity (Wildman–Crippen MR) is 126 cm³/mol. The zero-order chi connectivity index (χ0) is 21.4. The zero-order valence-electron chi connectivity index (χ0n) is 20.1. The van der Waals surface area contributed by atoms with Gasteiger partial charge >= 0.3 is 0 Å². The third-order valence-corrected chi connectivity index (χ3v) is 12.0. The Balaban J connectivity index is 1.27. The van der Waals surface area contributed by atoms with Gasteiger partial charge in [0.25, 0.3) is 0 Å². The second kappa shape index (κ2) is 6.88. The van der Waals surface area contributed by atoms with Crippen molar-refractivity contribution in [3.05, 3.63) is 18.0 Å². The van der Waals surface area contributed by atoms with Crippen LogP contribution >= 0.6 is 0 Å². The number of nitrogens with zero attached hydrogens (tertiary/aromatic N) is 2. The van der Waals surface area contributed by atoms with Crippen molar-refractivity contribution >= 4 is 0 Å². The van der Waals surface area contributed by atoms with Crippen LogP contribution in [0.1, 0.15) is 97.0 Å². The van der Waals surface area contributed by atoms with Gasteiger partial charge in [-0.25, -0.2) is 0 Å². The van der Waals surface area contributed by atoms with Crippen LogP contribution in [0.3, 0.4) is 0 Å². The minimum atomic E-state index is 0.538. The molecule has 9 unspecified atom stereocenters. The zero-order valence-corrected chi connectivity index (χ0v) is 20.1. The first-order chi connectivity index (χ1) is 15.0. The molecule has 5 aliphatic rings. The quantitative estimate of drug-likeness (QED) is 0.484. The van der Waals surface area contributed by atoms with Crippen LogP contribution in [0.5, 0.6) is 0 Å². The molecule has 1 aromatic heterocycles. The van der Waals surface area contributed by atoms with E-state index >= 15 is 0 Å². The molecule has 2 spiro atoms. The number of terminal acetylenes is 1. The molecule has 168 valence electrons. The van der Waals surface area contributed by atoms with E-state index in [1.165, 1.54) is 44.9 Å². The van der Waals surface area contributed by atoms with Crippen molar-refractivity contribution in [2.24, 2.45) is 51.8 Å². The average Bonchev–Trinajstić information content (AvgIpc) is 3.06. The molecule has 5 aliphatic carbocycles. The first-order valence-electron chi connectivity index (χ1n) is 13.5. The Morgan fingerprint density at radius 3 is 2.74 bits per heavy atom. The molecule has 0 saturated heterocycles. The summed E-state index contributed by atoms with van der Waals surface area (Å²) in [4.78, 5) is 0. The van der Waals surface area contributed by atoms with E-state index in [0.717, 1.165) is 52.5 Å². The van der Waals surface area contributed by atoms with Gasteiger partial charge in [0.1, 0.15) is 0 Å². The van der Waals surface area contributed by atoms with Gasteiger partial charge in [-0.2, -0.15) is 5.10 Å². The van der Waals surface area contributed by atoms with Crippen LogP contribution in [-0.4, -0.2) is 9.78 Å². The Morgan fingerprint density at radius 1 is 1.13 bits per heavy atom. The van der Waals surface area contributed by atoms with E-state index < -0.39 is 0 Å². The van der Waals surface area contributed by atoms with Crippen molar-refractivity contribution in [1.29, 1.82) is 0 Å². The van der Waals surface area contributed by atoms with Crippen molar-refractivity contribution in [3.63, 3.8) is 0 Å². The Bertz CT molecular complexity index is 893. The highest BCUT2D eigenvalue weighted by Gasteiger charge is 2.85. The fourth-order valence-electron chi connectivity index (χ4n) is 11.0. The molecule has 0 N–H and O–H groups in total. The topological polar surface area (TPSA) is 17.8 Å². The van der Waals surface area contributed by atoms with E-state index in [2.05, 4.69) is 42.7 Å². The molecule has 2 heteroatoms. The molecule has 0 bridgehead atoms. The van der Waals surface area contributed by atoms with E-state index in [1.54, 1.807) is 25.7 Å². The van der Waals surface area contributed by atoms with Crippen LogP contribution in [0.2, 0.25) is 0 Å². The Morgan fingerprint density at radius 2 is 1.97 bits per heavy atom. The number of rotatable bonds is 4. The van der Waals surface area contributed by atoms with Crippen LogP contribution in [0.15, 0.2) is 12.4 Å². The van der Waals surface area contributed by atoms with Gasteiger partial charge in [-0.1, -0.05) is 39.5 Å². The summed E-state index contributed by atoms with van der Waals surface area (Å²) >= 11 is 0. The van der Waals surface area contributed by atoms with E-state index in [4.69, 9.17) is 6.42 Å². The SMILES string of the molecule is C#Cc1cnn(CC(C)C2CCCC3C2(C)CCC2C45CCC(CC)CC4CCC325)c1. The fourth-order valence-corrected chi connectivity index (χ4v) is 11.0. The third-order valence-electron chi connectivity index (χ3n) is 12.0. The molecule has 6 rings (SSSR count). The summed E-state index contributed by atoms with van der Waals surface area (Å²) in [6.07, 6.45) is 26.1. The van der Waals surface area contributed by atoms with Crippen molar-refractivity contribution < 1.29 is 0 Å². The highest BCUT2D eigenvalue weighted by atomic mass is 15.3. The number of hydrogen-bond donors (Lipinski definition) is 0. The molecule has 5 fully saturated rings. The standard InChI is InChI=1S/C29H42N2/c1-5-21-10-14-28-23(16-21)11-15-29(28)25-9-7-8-24(27(25,4)13-12-26(28)29)20(3)18-31-19-22(6-2)17-30-31/h2,17,19-21,23-26H,5,7-16,18H2,1,3-4H3. The molecule has 9 atom stereocenters. The normalized spacial score (nSPS) is 48.6. The van der Waals surface area contributed by atoms with Gasteiger partial charge in [-0.15, -0.1) is 6.42 Å². The van der Waals surface area contributed by atoms with Crippen LogP contribution in [-0.2, 0) is 6.54 Å². The van der Waals surface area contributed by atoms with Gasteiger partial charge < -0.3 is 0 Å². The fraction of sp³-hybridized carbons (Fsp3) is 0.828. The lowest BCUT2D eigenvalue weighted by molar-refractivity contribution is -0.0708. The second-order valence-corrected chi connectivity index (χ2v) is 12.6. The van der Waals surface area contributed by atoms with Crippen molar-refractivity contribution in [2.75, 3.05) is 0 Å². The van der Waals surface area contributed by atoms with E-state index in [9.17, 15) is 0 Å². The van der Waals surface area contributed by atoms with Crippen LogP contribution in [0, 0.1) is 64.1 Å². The average molecular weight is 419 g/mol. The lowest BCUT2D eigenvalue weighted by Gasteiger charge is -2.56. The van der Waals surface area contributed by atoms with Gasteiger partial charge in [0.15, 0.2) is 0 Å². The maximum atomic E-state index is 5.58. The molecule has 2 nitrogen and oxygen atoms in total. The van der Waals surface area contributed by atoms with Gasteiger partial charge in [0.2, 0.25) is 0 Å². The lowest BCUT2D eigenvalue weighted by Crippen LogP contribution is -2.49. The second-order valence-electron chi connectivity index (χ2n) is 12.6. The van der Waals surface area contributed by atoms with Gasteiger partial charge in [0, 0.05) is 12.7 Å². The summed E-state index contributed by atoms with van der Waals surface area (Å²) < 4.78 is 2.12. The third kappa shape index (κ3) is 2.50. The Labute approximate surface area is 189 Å². The molecule has 0 amide bonds. The largest absolute Gasteiger partial charge is 0.271 e. The molecule has 31 heavy (non-hydrogen) atoms. The van der Waals surface area contributed by atoms with E-state index in [1.807, 2.05) is 6.20 Å². The van der Waals surface area contributed by atoms with E-state index in [0.29, 0.717) is 11.3 Å². The van der Waals surface area contributed by atoms with Crippen molar-refractivity contribution in [1.82, 2.24) is 9.78 Å². The number of hydrogen-bond acceptors (Lipinski definition) is 1. The number of fused-ring (bicyclic) bond motifs is 1. The highest BCUT2D eigenvalue weighted by molar-refractivity contribution is 5.33. The molecule has 0 radical (unpaired) electrons. The molecule has 1 heterocycles. The maximum Gasteiger partial charge on any atom is 0.0646 e. The van der Waals surface area contributed by atoms with Crippen LogP contribution in [0.25, 0.3) is 0 Å². The number of aromatic nitrogens is 2. The first kappa shape index (κ1) is 20.4. The summed E-state index contributed by atoms with van der Waals surface area (Å²) in [6.45, 7) is 8.70. The van der Waals surface area contributed by atoms with E-state index in [-0.39, 0.29) is 0 Å². The van der Waals surface area contributed by atoms with Crippen LogP contribution < -0.4 is 0 Å². The molecular formula is C29H42N2. The van der Waals surface area contributed by atoms with Crippen LogP contribution in [0.4, 0.5) is 0 Å². The monoisotopic (exact) mass is 418 g/mol. The summed E-state index contributed by atoms with van der Waals surface area (Å²) in [7, 11) is 0.